The van der Waals surface area contributed by atoms with Crippen LogP contribution in [0.2, 0.25) is 0 Å². The van der Waals surface area contributed by atoms with Crippen molar-refractivity contribution in [3.63, 3.8) is 0 Å². The molecule has 4 atom stereocenters. The van der Waals surface area contributed by atoms with Gasteiger partial charge in [-0.2, -0.15) is 0 Å². The lowest BCUT2D eigenvalue weighted by Gasteiger charge is -2.23. The van der Waals surface area contributed by atoms with Gasteiger partial charge in [0.05, 0.1) is 18.8 Å². The fourth-order valence-corrected chi connectivity index (χ4v) is 4.83. The predicted octanol–water partition coefficient (Wildman–Crippen LogP) is 0.984. The molecule has 2 aliphatic heterocycles. The Kier molecular flexibility index (Phi) is 4.29. The van der Waals surface area contributed by atoms with Crippen LogP contribution in [0.25, 0.3) is 0 Å². The topological polar surface area (TPSA) is 99.2 Å². The average molecular weight is 417 g/mol. The number of fused-ring (bicyclic) bond motifs is 1. The molecular weight excluding hydrogens is 393 g/mol. The quantitative estimate of drug-likeness (QED) is 0.744. The summed E-state index contributed by atoms with van der Waals surface area (Å²) in [4.78, 5) is 38.5. The molecule has 0 radical (unpaired) electrons. The molecule has 8 nitrogen and oxygen atoms in total. The molecule has 30 heavy (non-hydrogen) atoms. The Morgan fingerprint density at radius 3 is 2.57 bits per heavy atom. The first-order valence-corrected chi connectivity index (χ1v) is 10.3. The number of nitrogens with one attached hydrogen (secondary N) is 1. The number of ether oxygens (including phenoxy) is 1. The Bertz CT molecular complexity index is 921. The van der Waals surface area contributed by atoms with Gasteiger partial charge in [0.2, 0.25) is 5.91 Å². The number of hydrogen-bond acceptors (Lipinski definition) is 5. The van der Waals surface area contributed by atoms with Gasteiger partial charge in [-0.15, -0.1) is 0 Å². The number of benzene rings is 1. The van der Waals surface area contributed by atoms with Crippen LogP contribution in [0.4, 0.5) is 14.9 Å². The Balaban J connectivity index is 1.22. The van der Waals surface area contributed by atoms with Crippen LogP contribution in [0, 0.1) is 17.7 Å². The van der Waals surface area contributed by atoms with Crippen molar-refractivity contribution in [3.8, 4) is 0 Å². The van der Waals surface area contributed by atoms with Gasteiger partial charge in [-0.1, -0.05) is 6.07 Å². The van der Waals surface area contributed by atoms with E-state index in [9.17, 15) is 23.9 Å². The number of likely N-dealkylation sites (tertiary alicyclic amines) is 1. The summed E-state index contributed by atoms with van der Waals surface area (Å²) >= 11 is 0. The smallest absolute Gasteiger partial charge is 0.414 e. The monoisotopic (exact) mass is 417 g/mol. The maximum atomic E-state index is 14.9. The number of anilines is 1. The zero-order valence-corrected chi connectivity index (χ0v) is 16.6. The fourth-order valence-electron chi connectivity index (χ4n) is 4.83. The number of nitrogens with zero attached hydrogens (tertiary/aromatic N) is 2. The number of amides is 3. The van der Waals surface area contributed by atoms with Crippen LogP contribution < -0.4 is 10.2 Å². The van der Waals surface area contributed by atoms with Gasteiger partial charge in [0, 0.05) is 20.0 Å². The zero-order chi connectivity index (χ0) is 21.2. The molecule has 2 saturated carbocycles. The summed E-state index contributed by atoms with van der Waals surface area (Å²) in [5.74, 6) is -0.267. The first-order valence-electron chi connectivity index (χ1n) is 10.3. The molecule has 1 unspecified atom stereocenters. The van der Waals surface area contributed by atoms with Crippen LogP contribution in [-0.4, -0.2) is 65.8 Å². The van der Waals surface area contributed by atoms with Gasteiger partial charge < -0.3 is 20.1 Å². The van der Waals surface area contributed by atoms with E-state index >= 15 is 0 Å². The normalized spacial score (nSPS) is 30.7. The summed E-state index contributed by atoms with van der Waals surface area (Å²) in [5.41, 5.74) is -0.125. The minimum Gasteiger partial charge on any atom is -0.442 e. The number of rotatable bonds is 5. The highest BCUT2D eigenvalue weighted by atomic mass is 19.1. The molecule has 1 aromatic rings. The largest absolute Gasteiger partial charge is 0.442 e. The maximum Gasteiger partial charge on any atom is 0.414 e. The van der Waals surface area contributed by atoms with Gasteiger partial charge in [0.15, 0.2) is 0 Å². The van der Waals surface area contributed by atoms with Crippen LogP contribution in [0.5, 0.6) is 0 Å². The van der Waals surface area contributed by atoms with Crippen molar-refractivity contribution in [1.82, 2.24) is 10.2 Å². The lowest BCUT2D eigenvalue weighted by molar-refractivity contribution is -0.141. The van der Waals surface area contributed by atoms with Crippen LogP contribution in [0.15, 0.2) is 18.2 Å². The molecule has 0 bridgehead atoms. The number of hydrogen-bond donors (Lipinski definition) is 2. The number of halogens is 1. The Morgan fingerprint density at radius 2 is 1.97 bits per heavy atom. The van der Waals surface area contributed by atoms with Crippen molar-refractivity contribution >= 4 is 23.6 Å². The lowest BCUT2D eigenvalue weighted by atomic mass is 10.0. The minimum atomic E-state index is -1.15. The van der Waals surface area contributed by atoms with E-state index in [1.165, 1.54) is 17.9 Å². The molecule has 0 spiro atoms. The Morgan fingerprint density at radius 1 is 1.27 bits per heavy atom. The molecule has 160 valence electrons. The molecule has 2 saturated heterocycles. The molecule has 4 aliphatic rings. The number of carbonyl (C=O) groups excluding carboxylic acids is 3. The third kappa shape index (κ3) is 3.21. The molecule has 1 aromatic carbocycles. The number of piperidine rings is 1. The lowest BCUT2D eigenvalue weighted by Crippen LogP contribution is -2.40. The average Bonchev–Trinajstić information content (AvgIpc) is 3.49. The number of aliphatic hydroxyl groups is 1. The maximum absolute atomic E-state index is 14.9. The third-order valence-electron chi connectivity index (χ3n) is 6.71. The van der Waals surface area contributed by atoms with Gasteiger partial charge >= 0.3 is 6.09 Å². The Labute approximate surface area is 173 Å². The summed E-state index contributed by atoms with van der Waals surface area (Å²) in [6.45, 7) is 2.96. The Hall–Kier alpha value is -2.68. The van der Waals surface area contributed by atoms with Gasteiger partial charge in [-0.25, -0.2) is 9.18 Å². The molecule has 2 heterocycles. The van der Waals surface area contributed by atoms with Crippen molar-refractivity contribution < 1.29 is 28.6 Å². The highest BCUT2D eigenvalue weighted by Gasteiger charge is 2.61. The molecule has 4 fully saturated rings. The summed E-state index contributed by atoms with van der Waals surface area (Å²) < 4.78 is 20.1. The third-order valence-corrected chi connectivity index (χ3v) is 6.71. The molecule has 2 N–H and O–H groups in total. The van der Waals surface area contributed by atoms with Crippen molar-refractivity contribution in [2.24, 2.45) is 11.8 Å². The van der Waals surface area contributed by atoms with Crippen LogP contribution in [0.3, 0.4) is 0 Å². The van der Waals surface area contributed by atoms with Crippen LogP contribution >= 0.6 is 0 Å². The first kappa shape index (κ1) is 19.3. The molecule has 0 aromatic heterocycles. The van der Waals surface area contributed by atoms with E-state index in [0.29, 0.717) is 37.2 Å². The second kappa shape index (κ2) is 6.66. The first-order chi connectivity index (χ1) is 14.3. The van der Waals surface area contributed by atoms with Crippen molar-refractivity contribution in [2.45, 2.75) is 37.4 Å². The van der Waals surface area contributed by atoms with Crippen molar-refractivity contribution in [3.05, 3.63) is 29.6 Å². The van der Waals surface area contributed by atoms with Crippen LogP contribution in [-0.2, 0) is 14.3 Å². The predicted molar refractivity (Wildman–Crippen MR) is 103 cm³/mol. The molecule has 3 amide bonds. The van der Waals surface area contributed by atoms with Gasteiger partial charge in [-0.05, 0) is 48.3 Å². The second-order valence-electron chi connectivity index (χ2n) is 8.85. The molecule has 5 rings (SSSR count). The van der Waals surface area contributed by atoms with E-state index < -0.39 is 17.8 Å². The summed E-state index contributed by atoms with van der Waals surface area (Å²) in [7, 11) is 0. The SMILES string of the molecule is CC(=O)NC[C@H]1CN(c2ccc(C3[C@H]4CN(C(=O)C5(O)CC5)C[C@@H]34)c(F)c2)C(=O)O1. The minimum absolute atomic E-state index is 0.0648. The highest BCUT2D eigenvalue weighted by Crippen LogP contribution is 2.59. The van der Waals surface area contributed by atoms with E-state index in [1.807, 2.05) is 0 Å². The van der Waals surface area contributed by atoms with Crippen LogP contribution in [0.1, 0.15) is 31.2 Å². The standard InChI is InChI=1S/C21H24FN3O5/c1-11(26)23-7-13-8-25(20(28)30-13)12-2-3-14(17(22)6-12)18-15-9-24(10-16(15)18)19(27)21(29)4-5-21/h2-3,6,13,15-16,18,29H,4-5,7-10H2,1H3,(H,23,26)/t13-,15-,16+,18?/m0/s1. The summed E-state index contributed by atoms with van der Waals surface area (Å²) in [5, 5.41) is 12.6. The number of cyclic esters (lactones) is 1. The summed E-state index contributed by atoms with van der Waals surface area (Å²) in [6, 6.07) is 4.77. The second-order valence-corrected chi connectivity index (χ2v) is 8.85. The zero-order valence-electron chi connectivity index (χ0n) is 16.6. The molecule has 9 heteroatoms. The van der Waals surface area contributed by atoms with E-state index in [-0.39, 0.29) is 48.5 Å². The van der Waals surface area contributed by atoms with E-state index in [2.05, 4.69) is 5.32 Å². The van der Waals surface area contributed by atoms with Gasteiger partial charge in [0.25, 0.3) is 5.91 Å². The highest BCUT2D eigenvalue weighted by molar-refractivity contribution is 5.90. The van der Waals surface area contributed by atoms with Crippen molar-refractivity contribution in [2.75, 3.05) is 31.1 Å². The van der Waals surface area contributed by atoms with E-state index in [4.69, 9.17) is 4.74 Å². The van der Waals surface area contributed by atoms with E-state index in [0.717, 1.165) is 0 Å². The van der Waals surface area contributed by atoms with Gasteiger partial charge in [-0.3, -0.25) is 14.5 Å². The molecule has 2 aliphatic carbocycles. The van der Waals surface area contributed by atoms with Gasteiger partial charge in [0.1, 0.15) is 17.5 Å². The van der Waals surface area contributed by atoms with E-state index in [1.54, 1.807) is 17.0 Å². The number of carbonyl (C=O) groups is 3. The van der Waals surface area contributed by atoms with Crippen molar-refractivity contribution in [1.29, 1.82) is 0 Å². The molecular formula is C21H24FN3O5. The fraction of sp³-hybridized carbons (Fsp3) is 0.571. The summed E-state index contributed by atoms with van der Waals surface area (Å²) in [6.07, 6.45) is 0.0218.